The fourth-order valence-electron chi connectivity index (χ4n) is 2.36. The van der Waals surface area contributed by atoms with Gasteiger partial charge in [-0.15, -0.1) is 0 Å². The fraction of sp³-hybridized carbons (Fsp3) is 0.562. The molecule has 1 aliphatic heterocycles. The van der Waals surface area contributed by atoms with Gasteiger partial charge in [0.2, 0.25) is 0 Å². The van der Waals surface area contributed by atoms with E-state index in [0.29, 0.717) is 13.1 Å². The summed E-state index contributed by atoms with van der Waals surface area (Å²) in [5.41, 5.74) is 1.95. The van der Waals surface area contributed by atoms with Gasteiger partial charge in [-0.1, -0.05) is 17.7 Å². The Morgan fingerprint density at radius 2 is 2.00 bits per heavy atom. The maximum atomic E-state index is 12.2. The van der Waals surface area contributed by atoms with Crippen LogP contribution in [0.25, 0.3) is 0 Å². The van der Waals surface area contributed by atoms with E-state index >= 15 is 0 Å². The first-order chi connectivity index (χ1) is 10.6. The second kappa shape index (κ2) is 8.12. The van der Waals surface area contributed by atoms with E-state index in [0.717, 1.165) is 24.1 Å². The smallest absolute Gasteiger partial charge is 0.321 e. The minimum atomic E-state index is -0.831. The van der Waals surface area contributed by atoms with E-state index in [4.69, 9.17) is 9.84 Å². The number of hydrogen-bond donors (Lipinski definition) is 3. The highest BCUT2D eigenvalue weighted by atomic mass is 16.5. The van der Waals surface area contributed by atoms with Crippen LogP contribution in [0.1, 0.15) is 18.4 Å². The van der Waals surface area contributed by atoms with Crippen molar-refractivity contribution in [3.8, 4) is 0 Å². The van der Waals surface area contributed by atoms with E-state index in [-0.39, 0.29) is 25.3 Å². The van der Waals surface area contributed by atoms with Crippen molar-refractivity contribution in [1.29, 1.82) is 0 Å². The van der Waals surface area contributed by atoms with E-state index in [1.165, 1.54) is 0 Å². The Balaban J connectivity index is 1.74. The maximum absolute atomic E-state index is 12.2. The molecule has 6 heteroatoms. The Morgan fingerprint density at radius 1 is 1.36 bits per heavy atom. The SMILES string of the molecule is Cc1ccc(NC(=O)N2CCC(OC[C@@H](O)CO)CC2)cc1. The van der Waals surface area contributed by atoms with Gasteiger partial charge in [-0.25, -0.2) is 4.79 Å². The zero-order valence-electron chi connectivity index (χ0n) is 12.9. The molecule has 0 radical (unpaired) electrons. The quantitative estimate of drug-likeness (QED) is 0.767. The Kier molecular flexibility index (Phi) is 6.18. The first kappa shape index (κ1) is 16.7. The number of benzene rings is 1. The van der Waals surface area contributed by atoms with Gasteiger partial charge in [-0.2, -0.15) is 0 Å². The molecule has 2 amide bonds. The third kappa shape index (κ3) is 4.98. The zero-order valence-corrected chi connectivity index (χ0v) is 12.9. The third-order valence-electron chi connectivity index (χ3n) is 3.77. The standard InChI is InChI=1S/C16H24N2O4/c1-12-2-4-13(5-3-12)17-16(21)18-8-6-15(7-9-18)22-11-14(20)10-19/h2-5,14-15,19-20H,6-11H2,1H3,(H,17,21)/t14-/m0/s1. The summed E-state index contributed by atoms with van der Waals surface area (Å²) < 4.78 is 5.53. The molecule has 1 heterocycles. The second-order valence-corrected chi connectivity index (χ2v) is 5.65. The van der Waals surface area contributed by atoms with Gasteiger partial charge in [0.1, 0.15) is 6.10 Å². The average molecular weight is 308 g/mol. The highest BCUT2D eigenvalue weighted by molar-refractivity contribution is 5.89. The van der Waals surface area contributed by atoms with Crippen LogP contribution in [0, 0.1) is 6.92 Å². The second-order valence-electron chi connectivity index (χ2n) is 5.65. The van der Waals surface area contributed by atoms with E-state index in [2.05, 4.69) is 5.32 Å². The summed E-state index contributed by atoms with van der Waals surface area (Å²) >= 11 is 0. The number of ether oxygens (including phenoxy) is 1. The Bertz CT molecular complexity index is 470. The van der Waals surface area contributed by atoms with Gasteiger partial charge in [0, 0.05) is 18.8 Å². The number of nitrogens with one attached hydrogen (secondary N) is 1. The van der Waals surface area contributed by atoms with Crippen molar-refractivity contribution in [1.82, 2.24) is 4.90 Å². The van der Waals surface area contributed by atoms with Crippen LogP contribution in [0.2, 0.25) is 0 Å². The highest BCUT2D eigenvalue weighted by Gasteiger charge is 2.23. The molecule has 0 aliphatic carbocycles. The van der Waals surface area contributed by atoms with Gasteiger partial charge in [-0.3, -0.25) is 0 Å². The van der Waals surface area contributed by atoms with E-state index in [1.54, 1.807) is 4.90 Å². The van der Waals surface area contributed by atoms with Crippen molar-refractivity contribution in [3.05, 3.63) is 29.8 Å². The lowest BCUT2D eigenvalue weighted by Gasteiger charge is -2.32. The molecule has 122 valence electrons. The van der Waals surface area contributed by atoms with Crippen LogP contribution in [0.3, 0.4) is 0 Å². The van der Waals surface area contributed by atoms with E-state index in [9.17, 15) is 9.90 Å². The summed E-state index contributed by atoms with van der Waals surface area (Å²) in [6.45, 7) is 3.09. The number of carbonyl (C=O) groups excluding carboxylic acids is 1. The number of rotatable bonds is 5. The lowest BCUT2D eigenvalue weighted by atomic mass is 10.1. The molecule has 1 aromatic rings. The molecular formula is C16H24N2O4. The lowest BCUT2D eigenvalue weighted by Crippen LogP contribution is -2.43. The molecule has 1 atom stereocenters. The molecule has 0 saturated carbocycles. The molecule has 6 nitrogen and oxygen atoms in total. The monoisotopic (exact) mass is 308 g/mol. The van der Waals surface area contributed by atoms with E-state index < -0.39 is 6.10 Å². The Hall–Kier alpha value is -1.63. The maximum Gasteiger partial charge on any atom is 0.321 e. The number of hydrogen-bond acceptors (Lipinski definition) is 4. The van der Waals surface area contributed by atoms with Crippen LogP contribution < -0.4 is 5.32 Å². The third-order valence-corrected chi connectivity index (χ3v) is 3.77. The van der Waals surface area contributed by atoms with Crippen LogP contribution in [-0.2, 0) is 4.74 Å². The molecule has 0 bridgehead atoms. The van der Waals surface area contributed by atoms with Gasteiger partial charge < -0.3 is 25.2 Å². The summed E-state index contributed by atoms with van der Waals surface area (Å²) in [5, 5.41) is 20.9. The average Bonchev–Trinajstić information content (AvgIpc) is 2.55. The number of carbonyl (C=O) groups is 1. The van der Waals surface area contributed by atoms with Gasteiger partial charge in [0.05, 0.1) is 19.3 Å². The van der Waals surface area contributed by atoms with Crippen LogP contribution in [0.5, 0.6) is 0 Å². The lowest BCUT2D eigenvalue weighted by molar-refractivity contribution is -0.0443. The molecule has 22 heavy (non-hydrogen) atoms. The number of amides is 2. The van der Waals surface area contributed by atoms with Crippen molar-refractivity contribution in [2.45, 2.75) is 32.0 Å². The Labute approximate surface area is 130 Å². The molecule has 0 unspecified atom stereocenters. The number of nitrogens with zero attached hydrogens (tertiary/aromatic N) is 1. The predicted molar refractivity (Wildman–Crippen MR) is 83.8 cm³/mol. The molecule has 0 spiro atoms. The van der Waals surface area contributed by atoms with Gasteiger partial charge in [0.15, 0.2) is 0 Å². The van der Waals surface area contributed by atoms with Crippen LogP contribution in [0.4, 0.5) is 10.5 Å². The molecule has 1 saturated heterocycles. The minimum Gasteiger partial charge on any atom is -0.394 e. The molecule has 1 aliphatic rings. The molecule has 1 fully saturated rings. The zero-order chi connectivity index (χ0) is 15.9. The normalized spacial score (nSPS) is 17.3. The summed E-state index contributed by atoms with van der Waals surface area (Å²) in [4.78, 5) is 13.9. The van der Waals surface area contributed by atoms with Gasteiger partial charge >= 0.3 is 6.03 Å². The Morgan fingerprint density at radius 3 is 2.59 bits per heavy atom. The minimum absolute atomic E-state index is 0.0321. The molecule has 0 aromatic heterocycles. The van der Waals surface area contributed by atoms with Gasteiger partial charge in [-0.05, 0) is 31.9 Å². The first-order valence-corrected chi connectivity index (χ1v) is 7.61. The van der Waals surface area contributed by atoms with Crippen LogP contribution in [0.15, 0.2) is 24.3 Å². The number of anilines is 1. The van der Waals surface area contributed by atoms with Crippen molar-refractivity contribution in [3.63, 3.8) is 0 Å². The van der Waals surface area contributed by atoms with Crippen molar-refractivity contribution >= 4 is 11.7 Å². The highest BCUT2D eigenvalue weighted by Crippen LogP contribution is 2.16. The van der Waals surface area contributed by atoms with Crippen molar-refractivity contribution < 1.29 is 19.7 Å². The van der Waals surface area contributed by atoms with Gasteiger partial charge in [0.25, 0.3) is 0 Å². The molecule has 3 N–H and O–H groups in total. The number of aliphatic hydroxyl groups excluding tert-OH is 2. The summed E-state index contributed by atoms with van der Waals surface area (Å²) in [6, 6.07) is 7.60. The van der Waals surface area contributed by atoms with Crippen molar-refractivity contribution in [2.75, 3.05) is 31.6 Å². The first-order valence-electron chi connectivity index (χ1n) is 7.61. The van der Waals surface area contributed by atoms with Crippen molar-refractivity contribution in [2.24, 2.45) is 0 Å². The molecule has 2 rings (SSSR count). The number of aliphatic hydroxyl groups is 2. The summed E-state index contributed by atoms with van der Waals surface area (Å²) in [5.74, 6) is 0. The number of aryl methyl sites for hydroxylation is 1. The van der Waals surface area contributed by atoms with Crippen LogP contribution >= 0.6 is 0 Å². The number of piperidine rings is 1. The topological polar surface area (TPSA) is 82.0 Å². The number of likely N-dealkylation sites (tertiary alicyclic amines) is 1. The largest absolute Gasteiger partial charge is 0.394 e. The van der Waals surface area contributed by atoms with Crippen LogP contribution in [-0.4, -0.2) is 59.7 Å². The fourth-order valence-corrected chi connectivity index (χ4v) is 2.36. The summed E-state index contributed by atoms with van der Waals surface area (Å²) in [7, 11) is 0. The molecule has 1 aromatic carbocycles. The predicted octanol–water partition coefficient (Wildman–Crippen LogP) is 1.36. The summed E-state index contributed by atoms with van der Waals surface area (Å²) in [6.07, 6.45) is 0.673. The molecular weight excluding hydrogens is 284 g/mol. The van der Waals surface area contributed by atoms with E-state index in [1.807, 2.05) is 31.2 Å². The number of urea groups is 1.